The zero-order chi connectivity index (χ0) is 15.1. The number of pyridine rings is 1. The standard InChI is InChI=1S/C17H25N3O.BrH/c1-4-6-13(2)18-9-10-19-16-12-15(21-3)11-14-7-5-8-20-17(14)16;/h5,7-8,11-13,18-19H,4,6,9-10H2,1-3H3;1H. The van der Waals surface area contributed by atoms with Gasteiger partial charge in [-0.3, -0.25) is 4.98 Å². The zero-order valence-electron chi connectivity index (χ0n) is 13.6. The monoisotopic (exact) mass is 367 g/mol. The fourth-order valence-corrected chi connectivity index (χ4v) is 2.47. The third-order valence-corrected chi connectivity index (χ3v) is 3.57. The summed E-state index contributed by atoms with van der Waals surface area (Å²) in [6.07, 6.45) is 4.25. The Labute approximate surface area is 143 Å². The van der Waals surface area contributed by atoms with Crippen molar-refractivity contribution in [3.8, 4) is 5.75 Å². The molecule has 1 aromatic heterocycles. The first-order valence-corrected chi connectivity index (χ1v) is 7.64. The Kier molecular flexibility index (Phi) is 8.20. The number of aromatic nitrogens is 1. The second kappa shape index (κ2) is 9.64. The number of ether oxygens (including phenoxy) is 1. The Morgan fingerprint density at radius 1 is 1.27 bits per heavy atom. The lowest BCUT2D eigenvalue weighted by Gasteiger charge is -2.14. The normalized spacial score (nSPS) is 11.8. The minimum atomic E-state index is 0. The summed E-state index contributed by atoms with van der Waals surface area (Å²) in [5.41, 5.74) is 2.01. The van der Waals surface area contributed by atoms with Crippen LogP contribution in [0.5, 0.6) is 5.75 Å². The van der Waals surface area contributed by atoms with Crippen molar-refractivity contribution in [3.05, 3.63) is 30.5 Å². The van der Waals surface area contributed by atoms with Crippen LogP contribution in [0.4, 0.5) is 5.69 Å². The van der Waals surface area contributed by atoms with Gasteiger partial charge in [0.1, 0.15) is 5.75 Å². The molecule has 0 spiro atoms. The molecule has 1 unspecified atom stereocenters. The molecule has 1 atom stereocenters. The van der Waals surface area contributed by atoms with E-state index in [9.17, 15) is 0 Å². The Morgan fingerprint density at radius 2 is 2.09 bits per heavy atom. The fraction of sp³-hybridized carbons (Fsp3) is 0.471. The molecular formula is C17H26BrN3O. The van der Waals surface area contributed by atoms with E-state index in [-0.39, 0.29) is 17.0 Å². The van der Waals surface area contributed by atoms with E-state index in [1.165, 1.54) is 12.8 Å². The number of nitrogens with zero attached hydrogens (tertiary/aromatic N) is 1. The summed E-state index contributed by atoms with van der Waals surface area (Å²) in [5, 5.41) is 8.06. The number of nitrogens with one attached hydrogen (secondary N) is 2. The molecule has 0 amide bonds. The maximum absolute atomic E-state index is 5.36. The van der Waals surface area contributed by atoms with Crippen LogP contribution in [-0.4, -0.2) is 31.2 Å². The van der Waals surface area contributed by atoms with E-state index in [4.69, 9.17) is 4.74 Å². The summed E-state index contributed by atoms with van der Waals surface area (Å²) < 4.78 is 5.36. The summed E-state index contributed by atoms with van der Waals surface area (Å²) in [6.45, 7) is 6.25. The second-order valence-corrected chi connectivity index (χ2v) is 5.32. The van der Waals surface area contributed by atoms with Crippen LogP contribution in [0.25, 0.3) is 10.9 Å². The van der Waals surface area contributed by atoms with Crippen molar-refractivity contribution in [3.63, 3.8) is 0 Å². The van der Waals surface area contributed by atoms with E-state index in [0.717, 1.165) is 35.4 Å². The lowest BCUT2D eigenvalue weighted by Crippen LogP contribution is -2.30. The molecule has 2 aromatic rings. The minimum Gasteiger partial charge on any atom is -0.497 e. The SMILES string of the molecule is Br.CCCC(C)NCCNc1cc(OC)cc2cccnc12. The largest absolute Gasteiger partial charge is 0.497 e. The van der Waals surface area contributed by atoms with Crippen molar-refractivity contribution >= 4 is 33.6 Å². The number of rotatable bonds is 8. The van der Waals surface area contributed by atoms with Gasteiger partial charge in [0.25, 0.3) is 0 Å². The molecule has 0 aliphatic rings. The zero-order valence-corrected chi connectivity index (χ0v) is 15.3. The third kappa shape index (κ3) is 5.14. The van der Waals surface area contributed by atoms with Crippen LogP contribution >= 0.6 is 17.0 Å². The Bertz CT molecular complexity index is 577. The van der Waals surface area contributed by atoms with Crippen molar-refractivity contribution in [1.82, 2.24) is 10.3 Å². The molecule has 0 radical (unpaired) electrons. The van der Waals surface area contributed by atoms with Gasteiger partial charge in [-0.1, -0.05) is 19.4 Å². The van der Waals surface area contributed by atoms with Crippen molar-refractivity contribution < 1.29 is 4.74 Å². The molecule has 0 bridgehead atoms. The van der Waals surface area contributed by atoms with E-state index < -0.39 is 0 Å². The Hall–Kier alpha value is -1.33. The Morgan fingerprint density at radius 3 is 2.82 bits per heavy atom. The molecule has 0 saturated carbocycles. The van der Waals surface area contributed by atoms with Gasteiger partial charge in [0.05, 0.1) is 18.3 Å². The second-order valence-electron chi connectivity index (χ2n) is 5.32. The van der Waals surface area contributed by atoms with E-state index >= 15 is 0 Å². The first-order chi connectivity index (χ1) is 10.2. The molecule has 2 rings (SSSR count). The average Bonchev–Trinajstić information content (AvgIpc) is 2.51. The summed E-state index contributed by atoms with van der Waals surface area (Å²) in [5.74, 6) is 0.852. The smallest absolute Gasteiger partial charge is 0.121 e. The van der Waals surface area contributed by atoms with Crippen LogP contribution in [0.3, 0.4) is 0 Å². The van der Waals surface area contributed by atoms with Crippen LogP contribution in [0.1, 0.15) is 26.7 Å². The molecule has 0 saturated heterocycles. The van der Waals surface area contributed by atoms with Crippen LogP contribution in [-0.2, 0) is 0 Å². The summed E-state index contributed by atoms with van der Waals surface area (Å²) >= 11 is 0. The van der Waals surface area contributed by atoms with Gasteiger partial charge in [-0.15, -0.1) is 17.0 Å². The third-order valence-electron chi connectivity index (χ3n) is 3.57. The number of anilines is 1. The molecule has 2 N–H and O–H groups in total. The summed E-state index contributed by atoms with van der Waals surface area (Å²) in [4.78, 5) is 4.46. The summed E-state index contributed by atoms with van der Waals surface area (Å²) in [6, 6.07) is 8.58. The fourth-order valence-electron chi connectivity index (χ4n) is 2.47. The van der Waals surface area contributed by atoms with Crippen LogP contribution in [0, 0.1) is 0 Å². The lowest BCUT2D eigenvalue weighted by molar-refractivity contribution is 0.415. The highest BCUT2D eigenvalue weighted by molar-refractivity contribution is 8.93. The van der Waals surface area contributed by atoms with E-state index in [1.54, 1.807) is 7.11 Å². The van der Waals surface area contributed by atoms with Crippen molar-refractivity contribution in [2.24, 2.45) is 0 Å². The number of fused-ring (bicyclic) bond motifs is 1. The molecule has 0 aliphatic carbocycles. The maximum atomic E-state index is 5.36. The van der Waals surface area contributed by atoms with Gasteiger partial charge in [0.15, 0.2) is 0 Å². The van der Waals surface area contributed by atoms with Gasteiger partial charge in [0, 0.05) is 36.8 Å². The first-order valence-electron chi connectivity index (χ1n) is 7.64. The van der Waals surface area contributed by atoms with Gasteiger partial charge in [-0.2, -0.15) is 0 Å². The number of hydrogen-bond acceptors (Lipinski definition) is 4. The molecule has 4 nitrogen and oxygen atoms in total. The van der Waals surface area contributed by atoms with Crippen LogP contribution in [0.15, 0.2) is 30.5 Å². The van der Waals surface area contributed by atoms with Gasteiger partial charge >= 0.3 is 0 Å². The molecule has 0 aliphatic heterocycles. The van der Waals surface area contributed by atoms with Crippen molar-refractivity contribution in [2.75, 3.05) is 25.5 Å². The topological polar surface area (TPSA) is 46.2 Å². The lowest BCUT2D eigenvalue weighted by atomic mass is 10.1. The van der Waals surface area contributed by atoms with Gasteiger partial charge < -0.3 is 15.4 Å². The summed E-state index contributed by atoms with van der Waals surface area (Å²) in [7, 11) is 1.69. The average molecular weight is 368 g/mol. The van der Waals surface area contributed by atoms with Crippen molar-refractivity contribution in [2.45, 2.75) is 32.7 Å². The molecule has 0 fully saturated rings. The highest BCUT2D eigenvalue weighted by atomic mass is 79.9. The number of benzene rings is 1. The van der Waals surface area contributed by atoms with Gasteiger partial charge in [-0.05, 0) is 25.5 Å². The van der Waals surface area contributed by atoms with E-state index in [1.807, 2.05) is 24.4 Å². The number of methoxy groups -OCH3 is 1. The van der Waals surface area contributed by atoms with Crippen LogP contribution < -0.4 is 15.4 Å². The number of hydrogen-bond donors (Lipinski definition) is 2. The molecule has 1 heterocycles. The molecular weight excluding hydrogens is 342 g/mol. The minimum absolute atomic E-state index is 0. The molecule has 5 heteroatoms. The highest BCUT2D eigenvalue weighted by Gasteiger charge is 2.05. The van der Waals surface area contributed by atoms with Crippen molar-refractivity contribution in [1.29, 1.82) is 0 Å². The predicted octanol–water partition coefficient (Wildman–Crippen LogP) is 4.01. The van der Waals surface area contributed by atoms with Gasteiger partial charge in [0.2, 0.25) is 0 Å². The molecule has 22 heavy (non-hydrogen) atoms. The predicted molar refractivity (Wildman–Crippen MR) is 99.5 cm³/mol. The molecule has 1 aromatic carbocycles. The van der Waals surface area contributed by atoms with Gasteiger partial charge in [-0.25, -0.2) is 0 Å². The molecule has 122 valence electrons. The van der Waals surface area contributed by atoms with E-state index in [0.29, 0.717) is 6.04 Å². The Balaban J connectivity index is 0.00000242. The maximum Gasteiger partial charge on any atom is 0.121 e. The number of halogens is 1. The van der Waals surface area contributed by atoms with Crippen LogP contribution in [0.2, 0.25) is 0 Å². The quantitative estimate of drug-likeness (QED) is 0.691. The highest BCUT2D eigenvalue weighted by Crippen LogP contribution is 2.27. The van der Waals surface area contributed by atoms with E-state index in [2.05, 4.69) is 35.5 Å². The first kappa shape index (κ1) is 18.7.